The Morgan fingerprint density at radius 3 is 2.59 bits per heavy atom. The zero-order chi connectivity index (χ0) is 19.0. The van der Waals surface area contributed by atoms with Crippen LogP contribution in [0.2, 0.25) is 0 Å². The molecular formula is C21H23FN4O. The number of rotatable bonds is 2. The molecule has 0 saturated carbocycles. The highest BCUT2D eigenvalue weighted by atomic mass is 19.1. The summed E-state index contributed by atoms with van der Waals surface area (Å²) < 4.78 is 16.3. The average Bonchev–Trinajstić information content (AvgIpc) is 3.00. The summed E-state index contributed by atoms with van der Waals surface area (Å²) in [4.78, 5) is 19.0. The molecule has 4 rings (SSSR count). The smallest absolute Gasteiger partial charge is 0.321 e. The third-order valence-corrected chi connectivity index (χ3v) is 5.34. The third-order valence-electron chi connectivity index (χ3n) is 5.34. The molecule has 1 N–H and O–H groups in total. The molecule has 0 atom stereocenters. The van der Waals surface area contributed by atoms with Crippen molar-refractivity contribution in [2.75, 3.05) is 18.4 Å². The monoisotopic (exact) mass is 366 g/mol. The number of fused-ring (bicyclic) bond motifs is 1. The molecular weight excluding hydrogens is 343 g/mol. The molecule has 1 saturated heterocycles. The molecule has 6 heteroatoms. The van der Waals surface area contributed by atoms with Crippen LogP contribution in [0.5, 0.6) is 0 Å². The molecule has 1 aliphatic rings. The Morgan fingerprint density at radius 1 is 1.11 bits per heavy atom. The summed E-state index contributed by atoms with van der Waals surface area (Å²) in [6, 6.07) is 13.0. The lowest BCUT2D eigenvalue weighted by molar-refractivity contribution is 0.184. The van der Waals surface area contributed by atoms with E-state index in [1.807, 2.05) is 25.1 Å². The van der Waals surface area contributed by atoms with E-state index >= 15 is 0 Å². The maximum absolute atomic E-state index is 14.0. The number of aromatic nitrogens is 2. The van der Waals surface area contributed by atoms with Crippen molar-refractivity contribution in [3.05, 3.63) is 59.7 Å². The van der Waals surface area contributed by atoms with Crippen LogP contribution in [-0.2, 0) is 0 Å². The Kier molecular flexibility index (Phi) is 4.56. The van der Waals surface area contributed by atoms with Crippen LogP contribution in [0.4, 0.5) is 14.9 Å². The second-order valence-electron chi connectivity index (χ2n) is 7.10. The van der Waals surface area contributed by atoms with Gasteiger partial charge in [-0.05, 0) is 50.5 Å². The number of halogens is 1. The number of imidazole rings is 1. The van der Waals surface area contributed by atoms with Crippen LogP contribution in [0.1, 0.15) is 30.3 Å². The van der Waals surface area contributed by atoms with E-state index in [4.69, 9.17) is 0 Å². The van der Waals surface area contributed by atoms with E-state index in [-0.39, 0.29) is 11.7 Å². The minimum absolute atomic E-state index is 0.242. The van der Waals surface area contributed by atoms with Crippen molar-refractivity contribution in [1.29, 1.82) is 0 Å². The predicted molar refractivity (Wildman–Crippen MR) is 104 cm³/mol. The van der Waals surface area contributed by atoms with Crippen molar-refractivity contribution < 1.29 is 9.18 Å². The molecule has 140 valence electrons. The number of urea groups is 1. The molecule has 2 aromatic carbocycles. The Bertz CT molecular complexity index is 969. The normalized spacial score (nSPS) is 15.3. The van der Waals surface area contributed by atoms with Crippen LogP contribution in [-0.4, -0.2) is 33.6 Å². The molecule has 2 amide bonds. The fourth-order valence-corrected chi connectivity index (χ4v) is 3.93. The van der Waals surface area contributed by atoms with Crippen LogP contribution in [0.3, 0.4) is 0 Å². The summed E-state index contributed by atoms with van der Waals surface area (Å²) in [7, 11) is 0. The Morgan fingerprint density at radius 2 is 1.85 bits per heavy atom. The molecule has 2 heterocycles. The van der Waals surface area contributed by atoms with Crippen LogP contribution < -0.4 is 5.32 Å². The van der Waals surface area contributed by atoms with Crippen molar-refractivity contribution in [3.63, 3.8) is 0 Å². The number of hydrogen-bond donors (Lipinski definition) is 1. The zero-order valence-corrected chi connectivity index (χ0v) is 15.6. The molecule has 27 heavy (non-hydrogen) atoms. The highest BCUT2D eigenvalue weighted by Gasteiger charge is 2.26. The van der Waals surface area contributed by atoms with Gasteiger partial charge in [0.2, 0.25) is 0 Å². The Hall–Kier alpha value is -2.89. The van der Waals surface area contributed by atoms with Gasteiger partial charge in [0.05, 0.1) is 16.7 Å². The van der Waals surface area contributed by atoms with Crippen molar-refractivity contribution in [2.24, 2.45) is 0 Å². The van der Waals surface area contributed by atoms with E-state index < -0.39 is 5.82 Å². The number of likely N-dealkylation sites (tertiary alicyclic amines) is 1. The fraction of sp³-hybridized carbons (Fsp3) is 0.333. The first-order chi connectivity index (χ1) is 13.0. The first kappa shape index (κ1) is 17.5. The SMILES string of the molecule is Cc1cccc(F)c1NC(=O)N1CCC(n2c(C)nc3ccccc32)CC1. The Labute approximate surface area is 157 Å². The van der Waals surface area contributed by atoms with Gasteiger partial charge in [0.1, 0.15) is 11.6 Å². The zero-order valence-electron chi connectivity index (χ0n) is 15.6. The number of nitrogens with one attached hydrogen (secondary N) is 1. The number of benzene rings is 2. The van der Waals surface area contributed by atoms with E-state index in [0.29, 0.717) is 19.1 Å². The number of hydrogen-bond acceptors (Lipinski definition) is 2. The second-order valence-corrected chi connectivity index (χ2v) is 7.10. The predicted octanol–water partition coefficient (Wildman–Crippen LogP) is 4.66. The molecule has 0 spiro atoms. The number of amides is 2. The number of carbonyl (C=O) groups is 1. The third kappa shape index (κ3) is 3.27. The minimum Gasteiger partial charge on any atom is -0.325 e. The summed E-state index contributed by atoms with van der Waals surface area (Å²) >= 11 is 0. The van der Waals surface area contributed by atoms with E-state index in [9.17, 15) is 9.18 Å². The van der Waals surface area contributed by atoms with Gasteiger partial charge in [-0.1, -0.05) is 24.3 Å². The van der Waals surface area contributed by atoms with Crippen molar-refractivity contribution in [1.82, 2.24) is 14.5 Å². The summed E-state index contributed by atoms with van der Waals surface area (Å²) in [5.41, 5.74) is 3.13. The minimum atomic E-state index is -0.404. The van der Waals surface area contributed by atoms with Gasteiger partial charge in [-0.3, -0.25) is 0 Å². The molecule has 5 nitrogen and oxygen atoms in total. The van der Waals surface area contributed by atoms with Gasteiger partial charge in [0.25, 0.3) is 0 Å². The van der Waals surface area contributed by atoms with Gasteiger partial charge in [-0.2, -0.15) is 0 Å². The lowest BCUT2D eigenvalue weighted by Gasteiger charge is -2.33. The van der Waals surface area contributed by atoms with Gasteiger partial charge >= 0.3 is 6.03 Å². The molecule has 0 aliphatic carbocycles. The maximum Gasteiger partial charge on any atom is 0.321 e. The highest BCUT2D eigenvalue weighted by Crippen LogP contribution is 2.29. The van der Waals surface area contributed by atoms with E-state index in [1.54, 1.807) is 24.0 Å². The summed E-state index contributed by atoms with van der Waals surface area (Å²) in [5, 5.41) is 2.73. The number of carbonyl (C=O) groups excluding carboxylic acids is 1. The van der Waals surface area contributed by atoms with Gasteiger partial charge in [-0.15, -0.1) is 0 Å². The van der Waals surface area contributed by atoms with Crippen LogP contribution >= 0.6 is 0 Å². The van der Waals surface area contributed by atoms with Crippen LogP contribution in [0.15, 0.2) is 42.5 Å². The van der Waals surface area contributed by atoms with Crippen molar-refractivity contribution in [2.45, 2.75) is 32.7 Å². The van der Waals surface area contributed by atoms with Crippen LogP contribution in [0.25, 0.3) is 11.0 Å². The second kappa shape index (κ2) is 7.02. The standard InChI is InChI=1S/C21H23FN4O/c1-14-6-5-7-17(22)20(14)24-21(27)25-12-10-16(11-13-25)26-15(2)23-18-8-3-4-9-19(18)26/h3-9,16H,10-13H2,1-2H3,(H,24,27). The van der Waals surface area contributed by atoms with E-state index in [2.05, 4.69) is 20.9 Å². The van der Waals surface area contributed by atoms with Gasteiger partial charge in [0, 0.05) is 19.1 Å². The lowest BCUT2D eigenvalue weighted by Crippen LogP contribution is -2.41. The van der Waals surface area contributed by atoms with Gasteiger partial charge in [-0.25, -0.2) is 14.2 Å². The summed E-state index contributed by atoms with van der Waals surface area (Å²) in [6.45, 7) is 5.09. The van der Waals surface area contributed by atoms with Crippen molar-refractivity contribution >= 4 is 22.8 Å². The first-order valence-corrected chi connectivity index (χ1v) is 9.29. The van der Waals surface area contributed by atoms with E-state index in [0.717, 1.165) is 35.3 Å². The lowest BCUT2D eigenvalue weighted by atomic mass is 10.0. The highest BCUT2D eigenvalue weighted by molar-refractivity contribution is 5.90. The molecule has 1 aromatic heterocycles. The fourth-order valence-electron chi connectivity index (χ4n) is 3.93. The molecule has 3 aromatic rings. The molecule has 0 unspecified atom stereocenters. The largest absolute Gasteiger partial charge is 0.325 e. The number of nitrogens with zero attached hydrogens (tertiary/aromatic N) is 3. The van der Waals surface area contributed by atoms with Gasteiger partial charge in [0.15, 0.2) is 0 Å². The maximum atomic E-state index is 14.0. The number of anilines is 1. The quantitative estimate of drug-likeness (QED) is 0.717. The number of para-hydroxylation sites is 3. The summed E-state index contributed by atoms with van der Waals surface area (Å²) in [5.74, 6) is 0.597. The molecule has 1 aliphatic heterocycles. The average molecular weight is 366 g/mol. The van der Waals surface area contributed by atoms with Gasteiger partial charge < -0.3 is 14.8 Å². The number of aryl methyl sites for hydroxylation is 2. The number of piperidine rings is 1. The topological polar surface area (TPSA) is 50.2 Å². The first-order valence-electron chi connectivity index (χ1n) is 9.29. The summed E-state index contributed by atoms with van der Waals surface area (Å²) in [6.07, 6.45) is 1.70. The molecule has 0 bridgehead atoms. The molecule has 1 fully saturated rings. The van der Waals surface area contributed by atoms with Crippen molar-refractivity contribution in [3.8, 4) is 0 Å². The van der Waals surface area contributed by atoms with E-state index in [1.165, 1.54) is 6.07 Å². The van der Waals surface area contributed by atoms with Crippen LogP contribution in [0, 0.1) is 19.7 Å². The Balaban J connectivity index is 1.46. The molecule has 0 radical (unpaired) electrons.